The maximum atomic E-state index is 12.2. The Labute approximate surface area is 146 Å². The lowest BCUT2D eigenvalue weighted by Crippen LogP contribution is -2.24. The first-order valence-electron chi connectivity index (χ1n) is 8.34. The van der Waals surface area contributed by atoms with Gasteiger partial charge < -0.3 is 21.1 Å². The minimum Gasteiger partial charge on any atom is -0.481 e. The molecule has 0 aliphatic rings. The fourth-order valence-electron chi connectivity index (χ4n) is 2.74. The van der Waals surface area contributed by atoms with Crippen molar-refractivity contribution in [3.63, 3.8) is 0 Å². The van der Waals surface area contributed by atoms with Gasteiger partial charge in [0.15, 0.2) is 0 Å². The van der Waals surface area contributed by atoms with Crippen LogP contribution < -0.4 is 11.1 Å². The van der Waals surface area contributed by atoms with Crippen LogP contribution in [0.4, 0.5) is 0 Å². The van der Waals surface area contributed by atoms with E-state index >= 15 is 0 Å². The third-order valence-corrected chi connectivity index (χ3v) is 4.11. The number of hydrogen-bond acceptors (Lipinski definition) is 3. The second-order valence-electron chi connectivity index (χ2n) is 6.35. The van der Waals surface area contributed by atoms with E-state index in [1.165, 1.54) is 0 Å². The van der Waals surface area contributed by atoms with E-state index in [-0.39, 0.29) is 24.1 Å². The third-order valence-electron chi connectivity index (χ3n) is 4.11. The molecule has 0 fully saturated rings. The molecule has 6 N–H and O–H groups in total. The number of amides is 1. The Hall–Kier alpha value is -2.83. The molecule has 0 bridgehead atoms. The molecule has 0 saturated heterocycles. The number of carbonyl (C=O) groups excluding carboxylic acids is 1. The number of rotatable bonds is 9. The average molecular weight is 344 g/mol. The topological polar surface area (TPSA) is 132 Å². The smallest absolute Gasteiger partial charge is 0.303 e. The van der Waals surface area contributed by atoms with E-state index in [2.05, 4.69) is 10.3 Å². The first-order valence-corrected chi connectivity index (χ1v) is 8.34. The van der Waals surface area contributed by atoms with Crippen molar-refractivity contribution in [2.75, 3.05) is 6.54 Å². The SMILES string of the molecule is CC(CCCCNC(=O)c1cc2cc(C(=N)N)ccc2[nH]1)CC(=O)O. The van der Waals surface area contributed by atoms with Gasteiger partial charge in [0.25, 0.3) is 5.91 Å². The number of carboxylic acids is 1. The molecule has 7 heteroatoms. The van der Waals surface area contributed by atoms with Gasteiger partial charge in [0, 0.05) is 29.4 Å². The van der Waals surface area contributed by atoms with Gasteiger partial charge in [-0.05, 0) is 36.6 Å². The molecule has 1 amide bonds. The summed E-state index contributed by atoms with van der Waals surface area (Å²) in [4.78, 5) is 25.8. The number of carbonyl (C=O) groups is 2. The number of nitrogen functional groups attached to an aromatic ring is 1. The number of nitrogens with two attached hydrogens (primary N) is 1. The molecule has 0 spiro atoms. The van der Waals surface area contributed by atoms with Crippen molar-refractivity contribution in [3.8, 4) is 0 Å². The Balaban J connectivity index is 1.82. The number of carboxylic acid groups (broad SMARTS) is 1. The first kappa shape index (κ1) is 18.5. The van der Waals surface area contributed by atoms with Crippen LogP contribution in [-0.4, -0.2) is 34.3 Å². The van der Waals surface area contributed by atoms with Crippen molar-refractivity contribution in [2.45, 2.75) is 32.6 Å². The minimum absolute atomic E-state index is 0.00812. The lowest BCUT2D eigenvalue weighted by Gasteiger charge is -2.08. The van der Waals surface area contributed by atoms with Crippen LogP contribution in [0.15, 0.2) is 24.3 Å². The molecular weight excluding hydrogens is 320 g/mol. The maximum absolute atomic E-state index is 12.2. The number of nitrogens with one attached hydrogen (secondary N) is 3. The van der Waals surface area contributed by atoms with Gasteiger partial charge in [0.2, 0.25) is 0 Å². The maximum Gasteiger partial charge on any atom is 0.303 e. The van der Waals surface area contributed by atoms with Crippen molar-refractivity contribution < 1.29 is 14.7 Å². The van der Waals surface area contributed by atoms with Crippen LogP contribution in [0.3, 0.4) is 0 Å². The number of amidine groups is 1. The van der Waals surface area contributed by atoms with Gasteiger partial charge in [0.1, 0.15) is 11.5 Å². The monoisotopic (exact) mass is 344 g/mol. The Morgan fingerprint density at radius 2 is 2.08 bits per heavy atom. The van der Waals surface area contributed by atoms with E-state index in [1.54, 1.807) is 24.3 Å². The normalized spacial score (nSPS) is 12.0. The van der Waals surface area contributed by atoms with Crippen LogP contribution in [0.2, 0.25) is 0 Å². The predicted octanol–water partition coefficient (Wildman–Crippen LogP) is 2.46. The number of hydrogen-bond donors (Lipinski definition) is 5. The molecule has 0 saturated carbocycles. The fraction of sp³-hybridized carbons (Fsp3) is 0.389. The zero-order chi connectivity index (χ0) is 18.4. The summed E-state index contributed by atoms with van der Waals surface area (Å²) in [5.41, 5.74) is 7.38. The number of aromatic amines is 1. The Kier molecular flexibility index (Phi) is 6.16. The molecular formula is C18H24N4O3. The van der Waals surface area contributed by atoms with Crippen molar-refractivity contribution in [1.29, 1.82) is 5.41 Å². The number of H-pyrrole nitrogens is 1. The number of fused-ring (bicyclic) bond motifs is 1. The highest BCUT2D eigenvalue weighted by Gasteiger charge is 2.10. The zero-order valence-corrected chi connectivity index (χ0v) is 14.3. The number of unbranched alkanes of at least 4 members (excludes halogenated alkanes) is 1. The average Bonchev–Trinajstić information content (AvgIpc) is 2.96. The summed E-state index contributed by atoms with van der Waals surface area (Å²) in [6.07, 6.45) is 2.71. The van der Waals surface area contributed by atoms with Gasteiger partial charge in [-0.25, -0.2) is 0 Å². The van der Waals surface area contributed by atoms with Gasteiger partial charge in [0.05, 0.1) is 0 Å². The highest BCUT2D eigenvalue weighted by Crippen LogP contribution is 2.17. The van der Waals surface area contributed by atoms with Gasteiger partial charge >= 0.3 is 5.97 Å². The molecule has 1 aromatic carbocycles. The number of aliphatic carboxylic acids is 1. The standard InChI is InChI=1S/C18H24N4O3/c1-11(8-16(23)24)4-2-3-7-21-18(25)15-10-13-9-12(17(19)20)5-6-14(13)22-15/h5-6,9-11,22H,2-4,7-8H2,1H3,(H3,19,20)(H,21,25)(H,23,24). The second-order valence-corrected chi connectivity index (χ2v) is 6.35. The Morgan fingerprint density at radius 1 is 1.32 bits per heavy atom. The van der Waals surface area contributed by atoms with Crippen LogP contribution in [-0.2, 0) is 4.79 Å². The second kappa shape index (κ2) is 8.32. The van der Waals surface area contributed by atoms with E-state index in [4.69, 9.17) is 16.2 Å². The van der Waals surface area contributed by atoms with E-state index in [0.29, 0.717) is 17.8 Å². The molecule has 1 atom stereocenters. The van der Waals surface area contributed by atoms with Gasteiger partial charge in [-0.3, -0.25) is 15.0 Å². The summed E-state index contributed by atoms with van der Waals surface area (Å²) in [5, 5.41) is 19.9. The van der Waals surface area contributed by atoms with Crippen molar-refractivity contribution in [2.24, 2.45) is 11.7 Å². The quantitative estimate of drug-likeness (QED) is 0.271. The van der Waals surface area contributed by atoms with Gasteiger partial charge in [-0.2, -0.15) is 0 Å². The zero-order valence-electron chi connectivity index (χ0n) is 14.3. The van der Waals surface area contributed by atoms with Crippen molar-refractivity contribution in [1.82, 2.24) is 10.3 Å². The molecule has 1 aromatic heterocycles. The molecule has 1 unspecified atom stereocenters. The lowest BCUT2D eigenvalue weighted by atomic mass is 10.0. The Morgan fingerprint density at radius 3 is 2.76 bits per heavy atom. The summed E-state index contributed by atoms with van der Waals surface area (Å²) < 4.78 is 0. The molecule has 0 radical (unpaired) electrons. The predicted molar refractivity (Wildman–Crippen MR) is 96.9 cm³/mol. The van der Waals surface area contributed by atoms with E-state index < -0.39 is 5.97 Å². The van der Waals surface area contributed by atoms with Crippen molar-refractivity contribution >= 4 is 28.6 Å². The number of aromatic nitrogens is 1. The lowest BCUT2D eigenvalue weighted by molar-refractivity contribution is -0.138. The van der Waals surface area contributed by atoms with Gasteiger partial charge in [-0.15, -0.1) is 0 Å². The molecule has 0 aliphatic heterocycles. The van der Waals surface area contributed by atoms with Crippen LogP contribution in [0.5, 0.6) is 0 Å². The molecule has 134 valence electrons. The summed E-state index contributed by atoms with van der Waals surface area (Å²) in [5.74, 6) is -0.810. The molecule has 2 aromatic rings. The molecule has 1 heterocycles. The van der Waals surface area contributed by atoms with Crippen LogP contribution in [0.25, 0.3) is 10.9 Å². The summed E-state index contributed by atoms with van der Waals surface area (Å²) >= 11 is 0. The fourth-order valence-corrected chi connectivity index (χ4v) is 2.74. The van der Waals surface area contributed by atoms with Crippen molar-refractivity contribution in [3.05, 3.63) is 35.5 Å². The van der Waals surface area contributed by atoms with Crippen LogP contribution >= 0.6 is 0 Å². The largest absolute Gasteiger partial charge is 0.481 e. The highest BCUT2D eigenvalue weighted by atomic mass is 16.4. The summed E-state index contributed by atoms with van der Waals surface area (Å²) in [6, 6.07) is 7.05. The third kappa shape index (κ3) is 5.34. The molecule has 0 aliphatic carbocycles. The molecule has 2 rings (SSSR count). The summed E-state index contributed by atoms with van der Waals surface area (Å²) in [6.45, 7) is 2.47. The first-order chi connectivity index (χ1) is 11.9. The summed E-state index contributed by atoms with van der Waals surface area (Å²) in [7, 11) is 0. The van der Waals surface area contributed by atoms with Crippen LogP contribution in [0, 0.1) is 11.3 Å². The van der Waals surface area contributed by atoms with Crippen LogP contribution in [0.1, 0.15) is 48.7 Å². The van der Waals surface area contributed by atoms with E-state index in [1.807, 2.05) is 6.92 Å². The molecule has 25 heavy (non-hydrogen) atoms. The Bertz CT molecular complexity index is 782. The van der Waals surface area contributed by atoms with E-state index in [0.717, 1.165) is 30.2 Å². The molecule has 7 nitrogen and oxygen atoms in total. The van der Waals surface area contributed by atoms with E-state index in [9.17, 15) is 9.59 Å². The number of benzene rings is 1. The highest BCUT2D eigenvalue weighted by molar-refractivity contribution is 6.02. The van der Waals surface area contributed by atoms with Gasteiger partial charge in [-0.1, -0.05) is 19.8 Å². The minimum atomic E-state index is -0.771.